The molecular formula is C23H28N2O3. The van der Waals surface area contributed by atoms with E-state index >= 15 is 0 Å². The van der Waals surface area contributed by atoms with Gasteiger partial charge in [0.15, 0.2) is 0 Å². The van der Waals surface area contributed by atoms with Gasteiger partial charge in [0.25, 0.3) is 0 Å². The highest BCUT2D eigenvalue weighted by atomic mass is 16.3. The highest BCUT2D eigenvalue weighted by Crippen LogP contribution is 2.15. The lowest BCUT2D eigenvalue weighted by molar-refractivity contribution is -0.122. The zero-order chi connectivity index (χ0) is 19.8. The van der Waals surface area contributed by atoms with Gasteiger partial charge in [0, 0.05) is 6.54 Å². The smallest absolute Gasteiger partial charge is 0.234 e. The maximum absolute atomic E-state index is 12.4. The highest BCUT2D eigenvalue weighted by Gasteiger charge is 2.14. The lowest BCUT2D eigenvalue weighted by Crippen LogP contribution is -2.37. The molecule has 0 aliphatic rings. The third-order valence-corrected chi connectivity index (χ3v) is 4.67. The van der Waals surface area contributed by atoms with Gasteiger partial charge in [-0.15, -0.1) is 0 Å². The van der Waals surface area contributed by atoms with Crippen molar-refractivity contribution in [2.75, 3.05) is 13.1 Å². The molecule has 3 rings (SSSR count). The second kappa shape index (κ2) is 9.95. The van der Waals surface area contributed by atoms with Crippen LogP contribution in [0.2, 0.25) is 0 Å². The number of nitrogens with zero attached hydrogens (tertiary/aromatic N) is 1. The predicted octanol–water partition coefficient (Wildman–Crippen LogP) is 4.36. The molecule has 1 aromatic carbocycles. The van der Waals surface area contributed by atoms with Crippen LogP contribution < -0.4 is 5.32 Å². The second-order valence-corrected chi connectivity index (χ2v) is 7.30. The van der Waals surface area contributed by atoms with Crippen LogP contribution in [0.1, 0.15) is 42.4 Å². The van der Waals surface area contributed by atoms with Gasteiger partial charge in [0.1, 0.15) is 11.5 Å². The molecule has 0 saturated heterocycles. The Bertz CT molecular complexity index is 785. The Morgan fingerprint density at radius 3 is 2.07 bits per heavy atom. The predicted molar refractivity (Wildman–Crippen MR) is 109 cm³/mol. The van der Waals surface area contributed by atoms with Crippen molar-refractivity contribution in [3.63, 3.8) is 0 Å². The Hall–Kier alpha value is -2.79. The molecule has 0 aliphatic carbocycles. The van der Waals surface area contributed by atoms with Crippen LogP contribution >= 0.6 is 0 Å². The summed E-state index contributed by atoms with van der Waals surface area (Å²) in [6.07, 6.45) is 4.11. The summed E-state index contributed by atoms with van der Waals surface area (Å²) < 4.78 is 10.9. The first-order valence-corrected chi connectivity index (χ1v) is 9.73. The van der Waals surface area contributed by atoms with Crippen molar-refractivity contribution in [3.05, 3.63) is 83.7 Å². The van der Waals surface area contributed by atoms with Crippen LogP contribution in [0.5, 0.6) is 0 Å². The fourth-order valence-electron chi connectivity index (χ4n) is 3.09. The van der Waals surface area contributed by atoms with Gasteiger partial charge in [-0.2, -0.15) is 0 Å². The molecular weight excluding hydrogens is 352 g/mol. The molecule has 28 heavy (non-hydrogen) atoms. The van der Waals surface area contributed by atoms with Crippen molar-refractivity contribution in [1.29, 1.82) is 0 Å². The zero-order valence-electron chi connectivity index (χ0n) is 16.6. The lowest BCUT2D eigenvalue weighted by atomic mass is 10.0. The number of carbonyl (C=O) groups is 1. The van der Waals surface area contributed by atoms with Gasteiger partial charge in [0.05, 0.1) is 32.2 Å². The summed E-state index contributed by atoms with van der Waals surface area (Å²) in [5.74, 6) is 2.18. The third-order valence-electron chi connectivity index (χ3n) is 4.67. The minimum atomic E-state index is -0.00286. The first-order valence-electron chi connectivity index (χ1n) is 9.73. The largest absolute Gasteiger partial charge is 0.468 e. The fraction of sp³-hybridized carbons (Fsp3) is 0.348. The molecule has 5 nitrogen and oxygen atoms in total. The van der Waals surface area contributed by atoms with E-state index in [9.17, 15) is 4.79 Å². The van der Waals surface area contributed by atoms with E-state index in [1.165, 1.54) is 11.1 Å². The number of furan rings is 2. The summed E-state index contributed by atoms with van der Waals surface area (Å²) in [6, 6.07) is 16.1. The second-order valence-electron chi connectivity index (χ2n) is 7.30. The Morgan fingerprint density at radius 1 is 0.964 bits per heavy atom. The van der Waals surface area contributed by atoms with Crippen molar-refractivity contribution in [3.8, 4) is 0 Å². The minimum absolute atomic E-state index is 0.00286. The number of nitrogens with one attached hydrogen (secondary N) is 1. The SMILES string of the molecule is CC(C)c1ccc(CCNC(=O)CN(Cc2ccco2)Cc2ccco2)cc1. The molecule has 0 unspecified atom stereocenters. The van der Waals surface area contributed by atoms with E-state index < -0.39 is 0 Å². The van der Waals surface area contributed by atoms with Gasteiger partial charge < -0.3 is 14.2 Å². The first-order chi connectivity index (χ1) is 13.6. The van der Waals surface area contributed by atoms with E-state index in [0.29, 0.717) is 25.6 Å². The van der Waals surface area contributed by atoms with Crippen LogP contribution in [0, 0.1) is 0 Å². The minimum Gasteiger partial charge on any atom is -0.468 e. The molecule has 0 aliphatic heterocycles. The molecule has 148 valence electrons. The molecule has 0 atom stereocenters. The van der Waals surface area contributed by atoms with Gasteiger partial charge in [-0.05, 0) is 47.7 Å². The van der Waals surface area contributed by atoms with Crippen LogP contribution in [0.25, 0.3) is 0 Å². The third kappa shape index (κ3) is 6.13. The first kappa shape index (κ1) is 20.0. The van der Waals surface area contributed by atoms with E-state index in [1.54, 1.807) is 12.5 Å². The summed E-state index contributed by atoms with van der Waals surface area (Å²) in [5.41, 5.74) is 2.56. The molecule has 3 aromatic rings. The number of hydrogen-bond donors (Lipinski definition) is 1. The Morgan fingerprint density at radius 2 is 1.57 bits per heavy atom. The van der Waals surface area contributed by atoms with Gasteiger partial charge in [-0.3, -0.25) is 9.69 Å². The maximum atomic E-state index is 12.4. The van der Waals surface area contributed by atoms with E-state index in [-0.39, 0.29) is 12.5 Å². The Labute approximate surface area is 166 Å². The molecule has 1 N–H and O–H groups in total. The summed E-state index contributed by atoms with van der Waals surface area (Å²) in [4.78, 5) is 14.4. The summed E-state index contributed by atoms with van der Waals surface area (Å²) in [5, 5.41) is 3.02. The van der Waals surface area contributed by atoms with E-state index in [1.807, 2.05) is 29.2 Å². The zero-order valence-corrected chi connectivity index (χ0v) is 16.6. The molecule has 0 bridgehead atoms. The van der Waals surface area contributed by atoms with Crippen molar-refractivity contribution < 1.29 is 13.6 Å². The lowest BCUT2D eigenvalue weighted by Gasteiger charge is -2.19. The van der Waals surface area contributed by atoms with Gasteiger partial charge in [-0.1, -0.05) is 38.1 Å². The van der Waals surface area contributed by atoms with Crippen LogP contribution in [0.4, 0.5) is 0 Å². The summed E-state index contributed by atoms with van der Waals surface area (Å²) in [6.45, 7) is 6.39. The van der Waals surface area contributed by atoms with Crippen molar-refractivity contribution in [1.82, 2.24) is 10.2 Å². The molecule has 0 radical (unpaired) electrons. The van der Waals surface area contributed by atoms with E-state index in [4.69, 9.17) is 8.83 Å². The molecule has 5 heteroatoms. The fourth-order valence-corrected chi connectivity index (χ4v) is 3.09. The molecule has 2 aromatic heterocycles. The number of benzene rings is 1. The summed E-state index contributed by atoms with van der Waals surface area (Å²) >= 11 is 0. The molecule has 2 heterocycles. The van der Waals surface area contributed by atoms with Crippen molar-refractivity contribution >= 4 is 5.91 Å². The summed E-state index contributed by atoms with van der Waals surface area (Å²) in [7, 11) is 0. The monoisotopic (exact) mass is 380 g/mol. The normalized spacial score (nSPS) is 11.3. The molecule has 0 spiro atoms. The van der Waals surface area contributed by atoms with Gasteiger partial charge in [0.2, 0.25) is 5.91 Å². The molecule has 0 fully saturated rings. The van der Waals surface area contributed by atoms with Crippen LogP contribution in [-0.4, -0.2) is 23.9 Å². The highest BCUT2D eigenvalue weighted by molar-refractivity contribution is 5.78. The average molecular weight is 380 g/mol. The van der Waals surface area contributed by atoms with Crippen molar-refractivity contribution in [2.24, 2.45) is 0 Å². The molecule has 0 saturated carbocycles. The van der Waals surface area contributed by atoms with Gasteiger partial charge in [-0.25, -0.2) is 0 Å². The Balaban J connectivity index is 1.48. The van der Waals surface area contributed by atoms with Crippen LogP contribution in [0.3, 0.4) is 0 Å². The van der Waals surface area contributed by atoms with Gasteiger partial charge >= 0.3 is 0 Å². The number of rotatable bonds is 10. The maximum Gasteiger partial charge on any atom is 0.234 e. The Kier molecular flexibility index (Phi) is 7.09. The van der Waals surface area contributed by atoms with Crippen LogP contribution in [0.15, 0.2) is 69.9 Å². The number of carbonyl (C=O) groups excluding carboxylic acids is 1. The quantitative estimate of drug-likeness (QED) is 0.568. The topological polar surface area (TPSA) is 58.6 Å². The van der Waals surface area contributed by atoms with E-state index in [2.05, 4.69) is 43.4 Å². The van der Waals surface area contributed by atoms with E-state index in [0.717, 1.165) is 17.9 Å². The van der Waals surface area contributed by atoms with Crippen molar-refractivity contribution in [2.45, 2.75) is 39.3 Å². The number of hydrogen-bond acceptors (Lipinski definition) is 4. The standard InChI is InChI=1S/C23H28N2O3/c1-18(2)20-9-7-19(8-10-20)11-12-24-23(26)17-25(15-21-5-3-13-27-21)16-22-6-4-14-28-22/h3-10,13-14,18H,11-12,15-17H2,1-2H3,(H,24,26). The molecule has 1 amide bonds. The number of amides is 1. The van der Waals surface area contributed by atoms with Crippen LogP contribution in [-0.2, 0) is 24.3 Å². The average Bonchev–Trinajstić information content (AvgIpc) is 3.36.